The van der Waals surface area contributed by atoms with Crippen molar-refractivity contribution in [2.24, 2.45) is 0 Å². The number of para-hydroxylation sites is 1. The van der Waals surface area contributed by atoms with Crippen LogP contribution in [0, 0.1) is 0 Å². The molecule has 0 fully saturated rings. The van der Waals surface area contributed by atoms with Crippen molar-refractivity contribution in [3.63, 3.8) is 0 Å². The monoisotopic (exact) mass is 414 g/mol. The van der Waals surface area contributed by atoms with Gasteiger partial charge in [0.15, 0.2) is 0 Å². The fraction of sp³-hybridized carbons (Fsp3) is 0.0667. The van der Waals surface area contributed by atoms with E-state index in [0.717, 1.165) is 11.4 Å². The standard InChI is InChI=1S/C30H26N2/c1-31-30(23-13-5-2-6-14-23,24-15-7-3-8-16-24)28-21-22-29(27-20-12-11-19-26(27)28)32-25-17-9-4-10-18-25/h2-22,31-32H,1H3. The summed E-state index contributed by atoms with van der Waals surface area (Å²) in [5.41, 5.74) is 5.35. The zero-order valence-corrected chi connectivity index (χ0v) is 18.1. The van der Waals surface area contributed by atoms with E-state index in [0.29, 0.717) is 0 Å². The van der Waals surface area contributed by atoms with Gasteiger partial charge in [-0.25, -0.2) is 0 Å². The minimum atomic E-state index is -0.479. The van der Waals surface area contributed by atoms with E-state index in [2.05, 4.69) is 132 Å². The third-order valence-electron chi connectivity index (χ3n) is 6.17. The Hall–Kier alpha value is -3.88. The summed E-state index contributed by atoms with van der Waals surface area (Å²) in [5, 5.41) is 9.72. The molecule has 0 saturated carbocycles. The molecule has 0 aromatic heterocycles. The van der Waals surface area contributed by atoms with Crippen LogP contribution >= 0.6 is 0 Å². The highest BCUT2D eigenvalue weighted by Crippen LogP contribution is 2.41. The molecule has 0 aliphatic rings. The summed E-state index contributed by atoms with van der Waals surface area (Å²) < 4.78 is 0. The summed E-state index contributed by atoms with van der Waals surface area (Å²) in [6.45, 7) is 0. The predicted molar refractivity (Wildman–Crippen MR) is 135 cm³/mol. The minimum Gasteiger partial charge on any atom is -0.355 e. The quantitative estimate of drug-likeness (QED) is 0.290. The van der Waals surface area contributed by atoms with Gasteiger partial charge in [-0.3, -0.25) is 0 Å². The van der Waals surface area contributed by atoms with Gasteiger partial charge < -0.3 is 10.6 Å². The first-order valence-corrected chi connectivity index (χ1v) is 11.0. The number of rotatable bonds is 6. The van der Waals surface area contributed by atoms with Crippen molar-refractivity contribution in [3.8, 4) is 0 Å². The second kappa shape index (κ2) is 8.70. The highest BCUT2D eigenvalue weighted by molar-refractivity contribution is 5.98. The van der Waals surface area contributed by atoms with Gasteiger partial charge >= 0.3 is 0 Å². The molecule has 0 heterocycles. The SMILES string of the molecule is CNC(c1ccccc1)(c1ccccc1)c1ccc(Nc2ccccc2)c2ccccc12. The van der Waals surface area contributed by atoms with Crippen LogP contribution in [0.5, 0.6) is 0 Å². The van der Waals surface area contributed by atoms with Gasteiger partial charge in [0.05, 0.1) is 5.54 Å². The Labute approximate surface area is 189 Å². The molecule has 0 bridgehead atoms. The van der Waals surface area contributed by atoms with Crippen LogP contribution < -0.4 is 10.6 Å². The molecule has 0 radical (unpaired) electrons. The molecule has 0 aliphatic heterocycles. The van der Waals surface area contributed by atoms with E-state index in [9.17, 15) is 0 Å². The average molecular weight is 415 g/mol. The second-order valence-electron chi connectivity index (χ2n) is 7.93. The largest absolute Gasteiger partial charge is 0.355 e. The number of anilines is 2. The van der Waals surface area contributed by atoms with E-state index >= 15 is 0 Å². The smallest absolute Gasteiger partial charge is 0.0951 e. The Morgan fingerprint density at radius 2 is 1.00 bits per heavy atom. The first kappa shape index (κ1) is 20.0. The summed E-state index contributed by atoms with van der Waals surface area (Å²) in [6, 6.07) is 44.8. The van der Waals surface area contributed by atoms with Gasteiger partial charge in [-0.05, 0) is 47.3 Å². The Morgan fingerprint density at radius 3 is 1.56 bits per heavy atom. The van der Waals surface area contributed by atoms with E-state index in [1.807, 2.05) is 13.1 Å². The van der Waals surface area contributed by atoms with Gasteiger partial charge in [0.1, 0.15) is 0 Å². The van der Waals surface area contributed by atoms with Crippen molar-refractivity contribution in [2.75, 3.05) is 12.4 Å². The average Bonchev–Trinajstić information content (AvgIpc) is 2.88. The molecule has 5 aromatic carbocycles. The van der Waals surface area contributed by atoms with E-state index in [-0.39, 0.29) is 0 Å². The van der Waals surface area contributed by atoms with E-state index in [4.69, 9.17) is 0 Å². The van der Waals surface area contributed by atoms with Crippen LogP contribution in [-0.2, 0) is 5.54 Å². The molecule has 156 valence electrons. The normalized spacial score (nSPS) is 11.4. The maximum absolute atomic E-state index is 3.71. The molecule has 32 heavy (non-hydrogen) atoms. The van der Waals surface area contributed by atoms with Crippen LogP contribution in [0.15, 0.2) is 127 Å². The molecule has 0 atom stereocenters. The molecule has 2 heteroatoms. The lowest BCUT2D eigenvalue weighted by molar-refractivity contribution is 0.529. The van der Waals surface area contributed by atoms with Crippen LogP contribution in [0.3, 0.4) is 0 Å². The molecule has 2 nitrogen and oxygen atoms in total. The molecule has 0 aliphatic carbocycles. The minimum absolute atomic E-state index is 0.479. The highest BCUT2D eigenvalue weighted by Gasteiger charge is 2.36. The fourth-order valence-corrected chi connectivity index (χ4v) is 4.69. The van der Waals surface area contributed by atoms with Crippen LogP contribution in [0.4, 0.5) is 11.4 Å². The summed E-state index contributed by atoms with van der Waals surface area (Å²) in [6.07, 6.45) is 0. The van der Waals surface area contributed by atoms with Gasteiger partial charge in [0, 0.05) is 16.8 Å². The predicted octanol–water partition coefficient (Wildman–Crippen LogP) is 7.09. The topological polar surface area (TPSA) is 24.1 Å². The molecule has 0 spiro atoms. The van der Waals surface area contributed by atoms with Crippen molar-refractivity contribution in [2.45, 2.75) is 5.54 Å². The molecular weight excluding hydrogens is 388 g/mol. The van der Waals surface area contributed by atoms with E-state index < -0.39 is 5.54 Å². The summed E-state index contributed by atoms with van der Waals surface area (Å²) in [7, 11) is 2.05. The first-order valence-electron chi connectivity index (χ1n) is 11.0. The van der Waals surface area contributed by atoms with Crippen LogP contribution in [-0.4, -0.2) is 7.05 Å². The first-order chi connectivity index (χ1) is 15.8. The zero-order valence-electron chi connectivity index (χ0n) is 18.1. The maximum atomic E-state index is 3.71. The number of hydrogen-bond acceptors (Lipinski definition) is 2. The van der Waals surface area contributed by atoms with E-state index in [1.165, 1.54) is 27.5 Å². The van der Waals surface area contributed by atoms with Crippen molar-refractivity contribution >= 4 is 22.1 Å². The fourth-order valence-electron chi connectivity index (χ4n) is 4.69. The van der Waals surface area contributed by atoms with E-state index in [1.54, 1.807) is 0 Å². The summed E-state index contributed by atoms with van der Waals surface area (Å²) in [5.74, 6) is 0. The Bertz CT molecular complexity index is 1270. The number of benzene rings is 5. The van der Waals surface area contributed by atoms with Crippen molar-refractivity contribution < 1.29 is 0 Å². The van der Waals surface area contributed by atoms with Crippen molar-refractivity contribution in [1.29, 1.82) is 0 Å². The Morgan fingerprint density at radius 1 is 0.500 bits per heavy atom. The molecule has 5 rings (SSSR count). The maximum Gasteiger partial charge on any atom is 0.0951 e. The van der Waals surface area contributed by atoms with Crippen molar-refractivity contribution in [3.05, 3.63) is 144 Å². The van der Waals surface area contributed by atoms with Gasteiger partial charge in [-0.15, -0.1) is 0 Å². The van der Waals surface area contributed by atoms with Crippen LogP contribution in [0.2, 0.25) is 0 Å². The van der Waals surface area contributed by atoms with Gasteiger partial charge in [0.25, 0.3) is 0 Å². The second-order valence-corrected chi connectivity index (χ2v) is 7.93. The van der Waals surface area contributed by atoms with Gasteiger partial charge in [-0.1, -0.05) is 109 Å². The Kier molecular flexibility index (Phi) is 5.45. The number of fused-ring (bicyclic) bond motifs is 1. The lowest BCUT2D eigenvalue weighted by atomic mass is 9.75. The van der Waals surface area contributed by atoms with Crippen molar-refractivity contribution in [1.82, 2.24) is 5.32 Å². The lowest BCUT2D eigenvalue weighted by Crippen LogP contribution is -2.42. The molecule has 2 N–H and O–H groups in total. The highest BCUT2D eigenvalue weighted by atomic mass is 14.9. The summed E-state index contributed by atoms with van der Waals surface area (Å²) >= 11 is 0. The molecule has 0 unspecified atom stereocenters. The Balaban J connectivity index is 1.77. The number of hydrogen-bond donors (Lipinski definition) is 2. The third kappa shape index (κ3) is 3.45. The summed E-state index contributed by atoms with van der Waals surface area (Å²) in [4.78, 5) is 0. The molecule has 0 amide bonds. The van der Waals surface area contributed by atoms with Gasteiger partial charge in [0.2, 0.25) is 0 Å². The van der Waals surface area contributed by atoms with Crippen LogP contribution in [0.1, 0.15) is 16.7 Å². The van der Waals surface area contributed by atoms with Gasteiger partial charge in [-0.2, -0.15) is 0 Å². The number of nitrogens with one attached hydrogen (secondary N) is 2. The molecule has 0 saturated heterocycles. The molecule has 5 aromatic rings. The zero-order chi connectivity index (χ0) is 21.8. The molecular formula is C30H26N2. The lowest BCUT2D eigenvalue weighted by Gasteiger charge is -2.37. The van der Waals surface area contributed by atoms with Crippen LogP contribution in [0.25, 0.3) is 10.8 Å². The third-order valence-corrected chi connectivity index (χ3v) is 6.17.